The van der Waals surface area contributed by atoms with E-state index in [9.17, 15) is 13.2 Å². The average molecular weight is 314 g/mol. The number of benzene rings is 1. The van der Waals surface area contributed by atoms with Gasteiger partial charge in [-0.2, -0.15) is 0 Å². The maximum Gasteiger partial charge on any atom is 0.240 e. The van der Waals surface area contributed by atoms with Crippen LogP contribution < -0.4 is 10.0 Å². The van der Waals surface area contributed by atoms with Gasteiger partial charge in [0.1, 0.15) is 0 Å². The van der Waals surface area contributed by atoms with Gasteiger partial charge in [0.15, 0.2) is 0 Å². The summed E-state index contributed by atoms with van der Waals surface area (Å²) in [4.78, 5) is 11.0. The Balaban J connectivity index is 2.73. The molecule has 7 heteroatoms. The van der Waals surface area contributed by atoms with E-state index in [1.807, 2.05) is 0 Å². The lowest BCUT2D eigenvalue weighted by atomic mass is 9.96. The minimum absolute atomic E-state index is 0.106. The highest BCUT2D eigenvalue weighted by atomic mass is 32.2. The minimum Gasteiger partial charge on any atom is -0.396 e. The van der Waals surface area contributed by atoms with Gasteiger partial charge < -0.3 is 10.4 Å². The van der Waals surface area contributed by atoms with Gasteiger partial charge in [-0.1, -0.05) is 26.0 Å². The Labute approximate surface area is 125 Å². The lowest BCUT2D eigenvalue weighted by Gasteiger charge is -2.21. The predicted molar refractivity (Wildman–Crippen MR) is 80.0 cm³/mol. The number of aliphatic hydroxyl groups excluding tert-OH is 1. The van der Waals surface area contributed by atoms with E-state index in [-0.39, 0.29) is 24.0 Å². The summed E-state index contributed by atoms with van der Waals surface area (Å²) in [5, 5.41) is 11.8. The van der Waals surface area contributed by atoms with E-state index in [1.54, 1.807) is 26.0 Å². The molecule has 6 nitrogen and oxygen atoms in total. The number of carbonyl (C=O) groups is 1. The third-order valence-corrected chi connectivity index (χ3v) is 4.36. The second kappa shape index (κ2) is 7.02. The molecule has 0 radical (unpaired) electrons. The van der Waals surface area contributed by atoms with Crippen molar-refractivity contribution in [2.24, 2.45) is 5.41 Å². The van der Waals surface area contributed by atoms with Crippen LogP contribution in [0, 0.1) is 5.41 Å². The normalized spacial score (nSPS) is 12.2. The highest BCUT2D eigenvalue weighted by Gasteiger charge is 2.21. The summed E-state index contributed by atoms with van der Waals surface area (Å²) in [6, 6.07) is 6.29. The van der Waals surface area contributed by atoms with Crippen LogP contribution in [0.4, 0.5) is 0 Å². The number of amides is 1. The van der Waals surface area contributed by atoms with Crippen LogP contribution in [0.2, 0.25) is 0 Å². The maximum absolute atomic E-state index is 12.1. The van der Waals surface area contributed by atoms with Gasteiger partial charge in [-0.3, -0.25) is 4.79 Å². The van der Waals surface area contributed by atoms with E-state index in [0.29, 0.717) is 6.54 Å². The Morgan fingerprint density at radius 2 is 1.81 bits per heavy atom. The van der Waals surface area contributed by atoms with Crippen LogP contribution in [0.5, 0.6) is 0 Å². The van der Waals surface area contributed by atoms with Gasteiger partial charge >= 0.3 is 0 Å². The molecule has 0 atom stereocenters. The first kappa shape index (κ1) is 17.6. The lowest BCUT2D eigenvalue weighted by Crippen LogP contribution is -2.36. The number of nitrogens with one attached hydrogen (secondary N) is 2. The van der Waals surface area contributed by atoms with Gasteiger partial charge in [-0.15, -0.1) is 0 Å². The molecular weight excluding hydrogens is 292 g/mol. The molecule has 0 aliphatic heterocycles. The first-order valence-corrected chi connectivity index (χ1v) is 8.08. The predicted octanol–water partition coefficient (Wildman–Crippen LogP) is 0.619. The highest BCUT2D eigenvalue weighted by molar-refractivity contribution is 7.89. The van der Waals surface area contributed by atoms with Crippen molar-refractivity contribution in [2.75, 3.05) is 13.2 Å². The first-order chi connectivity index (χ1) is 9.66. The zero-order valence-electron chi connectivity index (χ0n) is 12.5. The summed E-state index contributed by atoms with van der Waals surface area (Å²) in [6.07, 6.45) is 0. The van der Waals surface area contributed by atoms with Crippen molar-refractivity contribution in [2.45, 2.75) is 32.2 Å². The van der Waals surface area contributed by atoms with Crippen molar-refractivity contribution in [1.29, 1.82) is 0 Å². The van der Waals surface area contributed by atoms with Gasteiger partial charge in [0.2, 0.25) is 15.9 Å². The molecule has 0 fully saturated rings. The van der Waals surface area contributed by atoms with Gasteiger partial charge in [0, 0.05) is 32.0 Å². The van der Waals surface area contributed by atoms with Crippen molar-refractivity contribution in [3.8, 4) is 0 Å². The lowest BCUT2D eigenvalue weighted by molar-refractivity contribution is -0.119. The molecule has 0 bridgehead atoms. The molecule has 0 spiro atoms. The van der Waals surface area contributed by atoms with Crippen LogP contribution in [-0.2, 0) is 21.4 Å². The molecule has 0 aliphatic rings. The van der Waals surface area contributed by atoms with E-state index in [2.05, 4.69) is 10.0 Å². The second-order valence-electron chi connectivity index (χ2n) is 5.70. The third kappa shape index (κ3) is 5.82. The fourth-order valence-electron chi connectivity index (χ4n) is 1.44. The fraction of sp³-hybridized carbons (Fsp3) is 0.500. The number of carbonyl (C=O) groups excluding carboxylic acids is 1. The van der Waals surface area contributed by atoms with Crippen molar-refractivity contribution in [3.05, 3.63) is 29.8 Å². The Hall–Kier alpha value is -1.44. The van der Waals surface area contributed by atoms with Crippen LogP contribution in [0.15, 0.2) is 29.2 Å². The fourth-order valence-corrected chi connectivity index (χ4v) is 2.68. The molecular formula is C14H22N2O4S. The standard InChI is InChI=1S/C14H22N2O4S/c1-11(18)15-8-12-4-6-13(7-5-12)21(19,20)16-9-14(2,3)10-17/h4-7,16-17H,8-10H2,1-3H3,(H,15,18). The summed E-state index contributed by atoms with van der Waals surface area (Å²) in [7, 11) is -3.60. The van der Waals surface area contributed by atoms with E-state index in [1.165, 1.54) is 19.1 Å². The molecule has 0 unspecified atom stereocenters. The monoisotopic (exact) mass is 314 g/mol. The quantitative estimate of drug-likeness (QED) is 0.687. The van der Waals surface area contributed by atoms with E-state index < -0.39 is 15.4 Å². The Bertz CT molecular complexity index is 579. The Kier molecular flexibility index (Phi) is 5.88. The summed E-state index contributed by atoms with van der Waals surface area (Å²) in [6.45, 7) is 5.37. The molecule has 3 N–H and O–H groups in total. The minimum atomic E-state index is -3.60. The van der Waals surface area contributed by atoms with Crippen molar-refractivity contribution in [3.63, 3.8) is 0 Å². The molecule has 118 valence electrons. The number of hydrogen-bond donors (Lipinski definition) is 3. The zero-order valence-corrected chi connectivity index (χ0v) is 13.3. The summed E-state index contributed by atoms with van der Waals surface area (Å²) in [5.41, 5.74) is 0.304. The second-order valence-corrected chi connectivity index (χ2v) is 7.47. The molecule has 1 aromatic rings. The molecule has 1 aromatic carbocycles. The first-order valence-electron chi connectivity index (χ1n) is 6.60. The average Bonchev–Trinajstić information content (AvgIpc) is 2.44. The SMILES string of the molecule is CC(=O)NCc1ccc(S(=O)(=O)NCC(C)(C)CO)cc1. The van der Waals surface area contributed by atoms with E-state index >= 15 is 0 Å². The largest absolute Gasteiger partial charge is 0.396 e. The van der Waals surface area contributed by atoms with E-state index in [4.69, 9.17) is 5.11 Å². The summed E-state index contributed by atoms with van der Waals surface area (Å²) in [5.74, 6) is -0.139. The van der Waals surface area contributed by atoms with Crippen molar-refractivity contribution >= 4 is 15.9 Å². The van der Waals surface area contributed by atoms with Crippen LogP contribution in [0.3, 0.4) is 0 Å². The molecule has 0 heterocycles. The smallest absolute Gasteiger partial charge is 0.240 e. The van der Waals surface area contributed by atoms with Crippen LogP contribution in [0.25, 0.3) is 0 Å². The number of rotatable bonds is 7. The molecule has 0 aromatic heterocycles. The summed E-state index contributed by atoms with van der Waals surface area (Å²) >= 11 is 0. The Morgan fingerprint density at radius 3 is 2.29 bits per heavy atom. The van der Waals surface area contributed by atoms with Crippen LogP contribution in [-0.4, -0.2) is 32.6 Å². The van der Waals surface area contributed by atoms with Gasteiger partial charge in [-0.25, -0.2) is 13.1 Å². The van der Waals surface area contributed by atoms with Crippen molar-refractivity contribution in [1.82, 2.24) is 10.0 Å². The molecule has 0 saturated heterocycles. The summed E-state index contributed by atoms with van der Waals surface area (Å²) < 4.78 is 26.7. The van der Waals surface area contributed by atoms with Gasteiger partial charge in [0.25, 0.3) is 0 Å². The molecule has 0 saturated carbocycles. The van der Waals surface area contributed by atoms with Crippen molar-refractivity contribution < 1.29 is 18.3 Å². The van der Waals surface area contributed by atoms with Crippen LogP contribution in [0.1, 0.15) is 26.3 Å². The molecule has 0 aliphatic carbocycles. The highest BCUT2D eigenvalue weighted by Crippen LogP contribution is 2.15. The number of aliphatic hydroxyl groups is 1. The van der Waals surface area contributed by atoms with E-state index in [0.717, 1.165) is 5.56 Å². The number of sulfonamides is 1. The third-order valence-electron chi connectivity index (χ3n) is 2.94. The molecule has 21 heavy (non-hydrogen) atoms. The zero-order chi connectivity index (χ0) is 16.1. The van der Waals surface area contributed by atoms with Crippen LogP contribution >= 0.6 is 0 Å². The maximum atomic E-state index is 12.1. The number of hydrogen-bond acceptors (Lipinski definition) is 4. The Morgan fingerprint density at radius 1 is 1.24 bits per heavy atom. The molecule has 1 rings (SSSR count). The molecule has 1 amide bonds. The van der Waals surface area contributed by atoms with Gasteiger partial charge in [-0.05, 0) is 17.7 Å². The topological polar surface area (TPSA) is 95.5 Å². The van der Waals surface area contributed by atoms with Gasteiger partial charge in [0.05, 0.1) is 4.90 Å².